The predicted molar refractivity (Wildman–Crippen MR) is 103 cm³/mol. The van der Waals surface area contributed by atoms with Crippen molar-refractivity contribution in [3.05, 3.63) is 41.7 Å². The van der Waals surface area contributed by atoms with Gasteiger partial charge in [0, 0.05) is 18.8 Å². The van der Waals surface area contributed by atoms with Gasteiger partial charge >= 0.3 is 0 Å². The van der Waals surface area contributed by atoms with Crippen molar-refractivity contribution < 1.29 is 9.53 Å². The zero-order valence-corrected chi connectivity index (χ0v) is 15.7. The molecule has 0 radical (unpaired) electrons. The maximum atomic E-state index is 12.7. The highest BCUT2D eigenvalue weighted by Crippen LogP contribution is 2.25. The predicted octanol–water partition coefficient (Wildman–Crippen LogP) is 3.67. The third kappa shape index (κ3) is 4.31. The molecule has 0 bridgehead atoms. The summed E-state index contributed by atoms with van der Waals surface area (Å²) >= 11 is 0. The van der Waals surface area contributed by atoms with Crippen molar-refractivity contribution in [1.82, 2.24) is 9.97 Å². The van der Waals surface area contributed by atoms with Crippen LogP contribution in [0.5, 0.6) is 5.75 Å². The number of hydrogen-bond acceptors (Lipinski definition) is 5. The van der Waals surface area contributed by atoms with Crippen LogP contribution in [-0.4, -0.2) is 35.6 Å². The second-order valence-electron chi connectivity index (χ2n) is 6.77. The van der Waals surface area contributed by atoms with Crippen molar-refractivity contribution in [3.8, 4) is 5.75 Å². The van der Waals surface area contributed by atoms with Crippen LogP contribution in [0.2, 0.25) is 0 Å². The molecule has 0 saturated carbocycles. The van der Waals surface area contributed by atoms with Gasteiger partial charge in [0.2, 0.25) is 5.95 Å². The van der Waals surface area contributed by atoms with E-state index in [1.165, 1.54) is 6.42 Å². The summed E-state index contributed by atoms with van der Waals surface area (Å²) in [5.74, 6) is 1.65. The Bertz CT molecular complexity index is 778. The van der Waals surface area contributed by atoms with E-state index in [1.54, 1.807) is 6.07 Å². The van der Waals surface area contributed by atoms with E-state index in [0.29, 0.717) is 35.6 Å². The van der Waals surface area contributed by atoms with Crippen LogP contribution in [0.15, 0.2) is 30.3 Å². The Hall–Kier alpha value is -2.63. The fourth-order valence-electron chi connectivity index (χ4n) is 3.22. The third-order valence-electron chi connectivity index (χ3n) is 4.45. The van der Waals surface area contributed by atoms with Gasteiger partial charge in [-0.15, -0.1) is 0 Å². The molecular weight excluding hydrogens is 328 g/mol. The van der Waals surface area contributed by atoms with Crippen LogP contribution < -0.4 is 15.0 Å². The first-order valence-electron chi connectivity index (χ1n) is 9.20. The van der Waals surface area contributed by atoms with Crippen LogP contribution in [0, 0.1) is 12.8 Å². The number of aryl methyl sites for hydroxylation is 1. The third-order valence-corrected chi connectivity index (χ3v) is 4.45. The molecule has 1 atom stereocenters. The molecule has 6 heteroatoms. The lowest BCUT2D eigenvalue weighted by atomic mass is 10.0. The normalized spacial score (nSPS) is 17.0. The van der Waals surface area contributed by atoms with Gasteiger partial charge in [0.15, 0.2) is 0 Å². The molecule has 3 rings (SSSR count). The quantitative estimate of drug-likeness (QED) is 0.887. The highest BCUT2D eigenvalue weighted by Gasteiger charge is 2.21. The standard InChI is InChI=1S/C20H26N4O2/c1-4-26-18-10-6-5-9-16(18)22-19(25)17-12-15(3)21-20(23-17)24-11-7-8-14(2)13-24/h5-6,9-10,12,14H,4,7-8,11,13H2,1-3H3,(H,22,25). The number of carbonyl (C=O) groups excluding carboxylic acids is 1. The van der Waals surface area contributed by atoms with Crippen molar-refractivity contribution in [2.24, 2.45) is 5.92 Å². The lowest BCUT2D eigenvalue weighted by Crippen LogP contribution is -2.36. The number of para-hydroxylation sites is 2. The molecule has 2 heterocycles. The summed E-state index contributed by atoms with van der Waals surface area (Å²) in [6, 6.07) is 9.12. The number of rotatable bonds is 5. The fraction of sp³-hybridized carbons (Fsp3) is 0.450. The fourth-order valence-corrected chi connectivity index (χ4v) is 3.22. The van der Waals surface area contributed by atoms with Gasteiger partial charge in [-0.1, -0.05) is 19.1 Å². The number of anilines is 2. The second kappa shape index (κ2) is 8.17. The van der Waals surface area contributed by atoms with E-state index >= 15 is 0 Å². The number of carbonyl (C=O) groups is 1. The molecule has 1 saturated heterocycles. The molecule has 1 N–H and O–H groups in total. The minimum Gasteiger partial charge on any atom is -0.492 e. The van der Waals surface area contributed by atoms with Gasteiger partial charge in [-0.2, -0.15) is 0 Å². The van der Waals surface area contributed by atoms with Crippen molar-refractivity contribution >= 4 is 17.5 Å². The first-order valence-corrected chi connectivity index (χ1v) is 9.20. The van der Waals surface area contributed by atoms with Gasteiger partial charge in [-0.25, -0.2) is 9.97 Å². The van der Waals surface area contributed by atoms with Crippen LogP contribution >= 0.6 is 0 Å². The molecule has 0 spiro atoms. The summed E-state index contributed by atoms with van der Waals surface area (Å²) in [7, 11) is 0. The maximum Gasteiger partial charge on any atom is 0.274 e. The van der Waals surface area contributed by atoms with Gasteiger partial charge in [-0.05, 0) is 50.8 Å². The molecule has 0 aliphatic carbocycles. The number of ether oxygens (including phenoxy) is 1. The van der Waals surface area contributed by atoms with E-state index < -0.39 is 0 Å². The summed E-state index contributed by atoms with van der Waals surface area (Å²) < 4.78 is 5.57. The molecule has 6 nitrogen and oxygen atoms in total. The van der Waals surface area contributed by atoms with Crippen LogP contribution in [-0.2, 0) is 0 Å². The van der Waals surface area contributed by atoms with Crippen molar-refractivity contribution in [2.75, 3.05) is 29.9 Å². The molecule has 2 aromatic rings. The number of hydrogen-bond donors (Lipinski definition) is 1. The lowest BCUT2D eigenvalue weighted by Gasteiger charge is -2.31. The van der Waals surface area contributed by atoms with Crippen molar-refractivity contribution in [1.29, 1.82) is 0 Å². The van der Waals surface area contributed by atoms with Crippen molar-refractivity contribution in [2.45, 2.75) is 33.6 Å². The molecule has 1 aromatic heterocycles. The summed E-state index contributed by atoms with van der Waals surface area (Å²) in [6.45, 7) is 8.44. The Balaban J connectivity index is 1.81. The number of piperidine rings is 1. The van der Waals surface area contributed by atoms with Crippen LogP contribution in [0.25, 0.3) is 0 Å². The van der Waals surface area contributed by atoms with Crippen LogP contribution in [0.4, 0.5) is 11.6 Å². The first-order chi connectivity index (χ1) is 12.6. The van der Waals surface area contributed by atoms with Gasteiger partial charge < -0.3 is 15.0 Å². The van der Waals surface area contributed by atoms with E-state index in [9.17, 15) is 4.79 Å². The zero-order chi connectivity index (χ0) is 18.5. The highest BCUT2D eigenvalue weighted by atomic mass is 16.5. The first kappa shape index (κ1) is 18.2. The second-order valence-corrected chi connectivity index (χ2v) is 6.77. The van der Waals surface area contributed by atoms with Gasteiger partial charge in [0.1, 0.15) is 11.4 Å². The molecule has 138 valence electrons. The Kier molecular flexibility index (Phi) is 5.71. The number of nitrogens with zero attached hydrogens (tertiary/aromatic N) is 3. The molecule has 1 aromatic carbocycles. The molecule has 1 fully saturated rings. The molecular formula is C20H26N4O2. The van der Waals surface area contributed by atoms with Gasteiger partial charge in [0.25, 0.3) is 5.91 Å². The van der Waals surface area contributed by atoms with E-state index in [-0.39, 0.29) is 5.91 Å². The summed E-state index contributed by atoms with van der Waals surface area (Å²) in [5, 5.41) is 2.91. The number of amides is 1. The Labute approximate surface area is 154 Å². The number of aromatic nitrogens is 2. The van der Waals surface area contributed by atoms with E-state index in [0.717, 1.165) is 25.2 Å². The van der Waals surface area contributed by atoms with Crippen molar-refractivity contribution in [3.63, 3.8) is 0 Å². The topological polar surface area (TPSA) is 67.3 Å². The number of benzene rings is 1. The van der Waals surface area contributed by atoms with E-state index in [2.05, 4.69) is 27.1 Å². The average molecular weight is 354 g/mol. The summed E-state index contributed by atoms with van der Waals surface area (Å²) in [5.41, 5.74) is 1.80. The SMILES string of the molecule is CCOc1ccccc1NC(=O)c1cc(C)nc(N2CCCC(C)C2)n1. The van der Waals surface area contributed by atoms with Gasteiger partial charge in [-0.3, -0.25) is 4.79 Å². The van der Waals surface area contributed by atoms with Crippen LogP contribution in [0.3, 0.4) is 0 Å². The monoisotopic (exact) mass is 354 g/mol. The summed E-state index contributed by atoms with van der Waals surface area (Å²) in [6.07, 6.45) is 2.35. The van der Waals surface area contributed by atoms with Gasteiger partial charge in [0.05, 0.1) is 12.3 Å². The Morgan fingerprint density at radius 3 is 2.92 bits per heavy atom. The highest BCUT2D eigenvalue weighted by molar-refractivity contribution is 6.03. The Morgan fingerprint density at radius 1 is 1.35 bits per heavy atom. The largest absolute Gasteiger partial charge is 0.492 e. The number of nitrogens with one attached hydrogen (secondary N) is 1. The van der Waals surface area contributed by atoms with E-state index in [4.69, 9.17) is 4.74 Å². The minimum absolute atomic E-state index is 0.256. The van der Waals surface area contributed by atoms with E-state index in [1.807, 2.05) is 38.1 Å². The maximum absolute atomic E-state index is 12.7. The average Bonchev–Trinajstić information content (AvgIpc) is 2.63. The lowest BCUT2D eigenvalue weighted by molar-refractivity contribution is 0.102. The molecule has 1 amide bonds. The minimum atomic E-state index is -0.256. The molecule has 26 heavy (non-hydrogen) atoms. The molecule has 1 unspecified atom stereocenters. The van der Waals surface area contributed by atoms with Crippen LogP contribution in [0.1, 0.15) is 42.9 Å². The molecule has 1 aliphatic heterocycles. The zero-order valence-electron chi connectivity index (χ0n) is 15.7. The molecule has 1 aliphatic rings. The smallest absolute Gasteiger partial charge is 0.274 e. The summed E-state index contributed by atoms with van der Waals surface area (Å²) in [4.78, 5) is 24.0. The Morgan fingerprint density at radius 2 is 2.15 bits per heavy atom.